The molecule has 21 heavy (non-hydrogen) atoms. The highest BCUT2D eigenvalue weighted by atomic mass is 16.4. The second-order valence-corrected chi connectivity index (χ2v) is 4.40. The number of primary amides is 1. The van der Waals surface area contributed by atoms with E-state index in [0.29, 0.717) is 6.54 Å². The Morgan fingerprint density at radius 3 is 2.29 bits per heavy atom. The van der Waals surface area contributed by atoms with E-state index in [1.54, 1.807) is 0 Å². The van der Waals surface area contributed by atoms with Gasteiger partial charge in [0.15, 0.2) is 0 Å². The van der Waals surface area contributed by atoms with E-state index in [4.69, 9.17) is 10.8 Å². The fourth-order valence-corrected chi connectivity index (χ4v) is 1.40. The van der Waals surface area contributed by atoms with Crippen molar-refractivity contribution in [2.75, 3.05) is 13.1 Å². The fourth-order valence-electron chi connectivity index (χ4n) is 1.40. The molecule has 0 aliphatic rings. The van der Waals surface area contributed by atoms with Gasteiger partial charge in [-0.1, -0.05) is 6.92 Å². The number of hydrogen-bond donors (Lipinski definition) is 5. The summed E-state index contributed by atoms with van der Waals surface area (Å²) >= 11 is 0. The van der Waals surface area contributed by atoms with Crippen LogP contribution in [-0.4, -0.2) is 48.1 Å². The van der Waals surface area contributed by atoms with Gasteiger partial charge in [0.1, 0.15) is 6.04 Å². The lowest BCUT2D eigenvalue weighted by Gasteiger charge is -2.14. The number of carbonyl (C=O) groups is 4. The molecule has 0 fully saturated rings. The Labute approximate surface area is 122 Å². The predicted octanol–water partition coefficient (Wildman–Crippen LogP) is -1.08. The molecule has 0 saturated carbocycles. The standard InChI is InChI=1S/C12H22N4O5/c1-2-6-14-10(18)5-7-15-12(21)16-8(11(19)20)3-4-9(13)17/h8H,2-7H2,1H3,(H2,13,17)(H,14,18)(H,19,20)(H2,15,16,21)/t8-/m0/s1. The summed E-state index contributed by atoms with van der Waals surface area (Å²) < 4.78 is 0. The lowest BCUT2D eigenvalue weighted by atomic mass is 10.1. The van der Waals surface area contributed by atoms with E-state index >= 15 is 0 Å². The minimum absolute atomic E-state index is 0.0868. The topological polar surface area (TPSA) is 151 Å². The molecular formula is C12H22N4O5. The van der Waals surface area contributed by atoms with Crippen LogP contribution in [0.2, 0.25) is 0 Å². The molecule has 0 aromatic rings. The molecule has 0 radical (unpaired) electrons. The number of carbonyl (C=O) groups excluding carboxylic acids is 3. The van der Waals surface area contributed by atoms with Gasteiger partial charge in [0.05, 0.1) is 0 Å². The van der Waals surface area contributed by atoms with Crippen molar-refractivity contribution in [1.82, 2.24) is 16.0 Å². The van der Waals surface area contributed by atoms with Crippen LogP contribution in [0.3, 0.4) is 0 Å². The summed E-state index contributed by atoms with van der Waals surface area (Å²) in [5.74, 6) is -2.09. The Hall–Kier alpha value is -2.32. The Balaban J connectivity index is 4.00. The van der Waals surface area contributed by atoms with E-state index in [1.807, 2.05) is 6.92 Å². The molecule has 0 aromatic carbocycles. The highest BCUT2D eigenvalue weighted by molar-refractivity contribution is 5.83. The Morgan fingerprint density at radius 1 is 1.10 bits per heavy atom. The average Bonchev–Trinajstić information content (AvgIpc) is 2.40. The van der Waals surface area contributed by atoms with Gasteiger partial charge in [-0.15, -0.1) is 0 Å². The SMILES string of the molecule is CCCNC(=O)CCNC(=O)N[C@@H](CCC(N)=O)C(=O)O. The molecule has 0 aromatic heterocycles. The molecule has 0 heterocycles. The van der Waals surface area contributed by atoms with Gasteiger partial charge < -0.3 is 26.8 Å². The molecule has 0 rings (SSSR count). The number of aliphatic carboxylic acids is 1. The zero-order chi connectivity index (χ0) is 16.3. The molecule has 0 spiro atoms. The molecule has 6 N–H and O–H groups in total. The van der Waals surface area contributed by atoms with Gasteiger partial charge in [0.25, 0.3) is 0 Å². The number of rotatable bonds is 10. The van der Waals surface area contributed by atoms with Gasteiger partial charge in [-0.05, 0) is 12.8 Å². The van der Waals surface area contributed by atoms with E-state index in [0.717, 1.165) is 6.42 Å². The molecule has 0 unspecified atom stereocenters. The van der Waals surface area contributed by atoms with Crippen LogP contribution >= 0.6 is 0 Å². The van der Waals surface area contributed by atoms with Crippen LogP contribution < -0.4 is 21.7 Å². The smallest absolute Gasteiger partial charge is 0.326 e. The maximum Gasteiger partial charge on any atom is 0.326 e. The number of carboxylic acids is 1. The Bertz CT molecular complexity index is 386. The summed E-state index contributed by atoms with van der Waals surface area (Å²) in [6.45, 7) is 2.58. The van der Waals surface area contributed by atoms with Gasteiger partial charge in [-0.2, -0.15) is 0 Å². The first-order valence-electron chi connectivity index (χ1n) is 6.69. The van der Waals surface area contributed by atoms with Crippen molar-refractivity contribution in [2.45, 2.75) is 38.6 Å². The number of amides is 4. The van der Waals surface area contributed by atoms with Crippen LogP contribution in [0.15, 0.2) is 0 Å². The molecule has 9 nitrogen and oxygen atoms in total. The third-order valence-corrected chi connectivity index (χ3v) is 2.49. The molecule has 0 aliphatic heterocycles. The Kier molecular flexibility index (Phi) is 9.31. The Morgan fingerprint density at radius 2 is 1.76 bits per heavy atom. The largest absolute Gasteiger partial charge is 0.480 e. The van der Waals surface area contributed by atoms with E-state index in [2.05, 4.69) is 16.0 Å². The van der Waals surface area contributed by atoms with Crippen molar-refractivity contribution < 1.29 is 24.3 Å². The van der Waals surface area contributed by atoms with E-state index in [9.17, 15) is 19.2 Å². The van der Waals surface area contributed by atoms with Gasteiger partial charge >= 0.3 is 12.0 Å². The predicted molar refractivity (Wildman–Crippen MR) is 74.3 cm³/mol. The average molecular weight is 302 g/mol. The lowest BCUT2D eigenvalue weighted by molar-refractivity contribution is -0.139. The minimum Gasteiger partial charge on any atom is -0.480 e. The third-order valence-electron chi connectivity index (χ3n) is 2.49. The quantitative estimate of drug-likeness (QED) is 0.348. The molecule has 0 saturated heterocycles. The van der Waals surface area contributed by atoms with Crippen molar-refractivity contribution in [3.63, 3.8) is 0 Å². The molecule has 120 valence electrons. The summed E-state index contributed by atoms with van der Waals surface area (Å²) in [6.07, 6.45) is 0.692. The summed E-state index contributed by atoms with van der Waals surface area (Å²) in [5.41, 5.74) is 4.92. The van der Waals surface area contributed by atoms with E-state index in [1.165, 1.54) is 0 Å². The van der Waals surface area contributed by atoms with Gasteiger partial charge in [-0.25, -0.2) is 9.59 Å². The first-order valence-corrected chi connectivity index (χ1v) is 6.69. The third kappa shape index (κ3) is 10.2. The highest BCUT2D eigenvalue weighted by Gasteiger charge is 2.20. The minimum atomic E-state index is -1.26. The van der Waals surface area contributed by atoms with Crippen molar-refractivity contribution in [3.8, 4) is 0 Å². The van der Waals surface area contributed by atoms with Crippen LogP contribution in [0.4, 0.5) is 4.79 Å². The van der Waals surface area contributed by atoms with Crippen LogP contribution in [0.5, 0.6) is 0 Å². The number of carboxylic acid groups (broad SMARTS) is 1. The van der Waals surface area contributed by atoms with Crippen LogP contribution in [0, 0.1) is 0 Å². The highest BCUT2D eigenvalue weighted by Crippen LogP contribution is 1.97. The molecule has 0 bridgehead atoms. The van der Waals surface area contributed by atoms with Gasteiger partial charge in [0.2, 0.25) is 11.8 Å². The first-order chi connectivity index (χ1) is 9.86. The summed E-state index contributed by atoms with van der Waals surface area (Å²) in [5, 5.41) is 16.1. The molecule has 1 atom stereocenters. The molecule has 9 heteroatoms. The van der Waals surface area contributed by atoms with Crippen molar-refractivity contribution in [1.29, 1.82) is 0 Å². The maximum absolute atomic E-state index is 11.5. The second-order valence-electron chi connectivity index (χ2n) is 4.40. The zero-order valence-corrected chi connectivity index (χ0v) is 12.0. The summed E-state index contributed by atoms with van der Waals surface area (Å²) in [7, 11) is 0. The molecular weight excluding hydrogens is 280 g/mol. The first kappa shape index (κ1) is 18.7. The fraction of sp³-hybridized carbons (Fsp3) is 0.667. The van der Waals surface area contributed by atoms with Crippen LogP contribution in [0.25, 0.3) is 0 Å². The van der Waals surface area contributed by atoms with Crippen molar-refractivity contribution >= 4 is 23.8 Å². The van der Waals surface area contributed by atoms with Crippen LogP contribution in [0.1, 0.15) is 32.6 Å². The van der Waals surface area contributed by atoms with E-state index in [-0.39, 0.29) is 31.7 Å². The normalized spacial score (nSPS) is 11.3. The molecule has 4 amide bonds. The van der Waals surface area contributed by atoms with Gasteiger partial charge in [0, 0.05) is 25.9 Å². The summed E-state index contributed by atoms with van der Waals surface area (Å²) in [6, 6.07) is -1.92. The number of urea groups is 1. The van der Waals surface area contributed by atoms with Crippen molar-refractivity contribution in [3.05, 3.63) is 0 Å². The van der Waals surface area contributed by atoms with Crippen molar-refractivity contribution in [2.24, 2.45) is 5.73 Å². The number of nitrogens with one attached hydrogen (secondary N) is 3. The number of hydrogen-bond acceptors (Lipinski definition) is 4. The monoisotopic (exact) mass is 302 g/mol. The van der Waals surface area contributed by atoms with Crippen LogP contribution in [-0.2, 0) is 14.4 Å². The van der Waals surface area contributed by atoms with E-state index < -0.39 is 23.9 Å². The zero-order valence-electron chi connectivity index (χ0n) is 12.0. The van der Waals surface area contributed by atoms with Gasteiger partial charge in [-0.3, -0.25) is 9.59 Å². The maximum atomic E-state index is 11.5. The molecule has 0 aliphatic carbocycles. The summed E-state index contributed by atoms with van der Waals surface area (Å²) in [4.78, 5) is 44.2. The second kappa shape index (κ2) is 10.5. The number of nitrogens with two attached hydrogens (primary N) is 1. The lowest BCUT2D eigenvalue weighted by Crippen LogP contribution is -2.47.